The first-order valence-electron chi connectivity index (χ1n) is 6.49. The number of piperazine rings is 1. The minimum atomic E-state index is -3.16. The van der Waals surface area contributed by atoms with Gasteiger partial charge < -0.3 is 9.64 Å². The van der Waals surface area contributed by atoms with Crippen molar-refractivity contribution in [2.75, 3.05) is 49.4 Å². The molecule has 10 nitrogen and oxygen atoms in total. The van der Waals surface area contributed by atoms with Crippen molar-refractivity contribution in [3.63, 3.8) is 0 Å². The van der Waals surface area contributed by atoms with Gasteiger partial charge in [-0.25, -0.2) is 14.3 Å². The van der Waals surface area contributed by atoms with Crippen LogP contribution in [-0.4, -0.2) is 66.7 Å². The number of sulfonamides is 1. The number of nitrogens with one attached hydrogen (secondary N) is 1. The Labute approximate surface area is 123 Å². The van der Waals surface area contributed by atoms with Gasteiger partial charge in [0, 0.05) is 26.2 Å². The molecule has 0 atom stereocenters. The summed E-state index contributed by atoms with van der Waals surface area (Å²) in [5, 5.41) is 0. The summed E-state index contributed by atoms with van der Waals surface area (Å²) in [6.45, 7) is 4.01. The largest absolute Gasteiger partial charge is 0.464 e. The van der Waals surface area contributed by atoms with Gasteiger partial charge in [0.2, 0.25) is 21.9 Å². The van der Waals surface area contributed by atoms with E-state index in [0.29, 0.717) is 38.7 Å². The third kappa shape index (κ3) is 3.89. The molecule has 1 aromatic rings. The molecule has 0 radical (unpaired) electrons. The Balaban J connectivity index is 2.14. The summed E-state index contributed by atoms with van der Waals surface area (Å²) in [5.74, 6) is 5.94. The van der Waals surface area contributed by atoms with Crippen LogP contribution in [0.15, 0.2) is 0 Å². The Morgan fingerprint density at radius 3 is 2.43 bits per heavy atom. The van der Waals surface area contributed by atoms with E-state index in [1.165, 1.54) is 10.6 Å². The fourth-order valence-electron chi connectivity index (χ4n) is 1.97. The van der Waals surface area contributed by atoms with E-state index in [2.05, 4.69) is 20.4 Å². The minimum Gasteiger partial charge on any atom is -0.464 e. The van der Waals surface area contributed by atoms with Crippen LogP contribution in [0, 0.1) is 0 Å². The van der Waals surface area contributed by atoms with Crippen LogP contribution in [0.2, 0.25) is 0 Å². The van der Waals surface area contributed by atoms with Gasteiger partial charge in [0.15, 0.2) is 0 Å². The summed E-state index contributed by atoms with van der Waals surface area (Å²) < 4.78 is 29.7. The maximum Gasteiger partial charge on any atom is 0.323 e. The number of hydrogen-bond donors (Lipinski definition) is 2. The molecule has 0 unspecified atom stereocenters. The molecule has 0 aliphatic carbocycles. The third-order valence-electron chi connectivity index (χ3n) is 3.00. The van der Waals surface area contributed by atoms with E-state index in [1.54, 1.807) is 0 Å². The fourth-order valence-corrected chi connectivity index (χ4v) is 2.79. The van der Waals surface area contributed by atoms with Crippen LogP contribution in [0.4, 0.5) is 11.9 Å². The van der Waals surface area contributed by atoms with Crippen LogP contribution >= 0.6 is 0 Å². The van der Waals surface area contributed by atoms with E-state index in [-0.39, 0.29) is 12.0 Å². The van der Waals surface area contributed by atoms with Crippen molar-refractivity contribution in [2.45, 2.75) is 6.92 Å². The lowest BCUT2D eigenvalue weighted by Gasteiger charge is -2.33. The maximum atomic E-state index is 11.5. The summed E-state index contributed by atoms with van der Waals surface area (Å²) in [6, 6.07) is 0.181. The number of hydrogen-bond acceptors (Lipinski definition) is 9. The lowest BCUT2D eigenvalue weighted by molar-refractivity contribution is 0.311. The van der Waals surface area contributed by atoms with Crippen LogP contribution < -0.4 is 20.9 Å². The first-order valence-corrected chi connectivity index (χ1v) is 8.34. The predicted molar refractivity (Wildman–Crippen MR) is 77.4 cm³/mol. The van der Waals surface area contributed by atoms with E-state index in [0.717, 1.165) is 0 Å². The molecule has 3 N–H and O–H groups in total. The first kappa shape index (κ1) is 15.7. The monoisotopic (exact) mass is 317 g/mol. The van der Waals surface area contributed by atoms with E-state index >= 15 is 0 Å². The molecule has 0 amide bonds. The van der Waals surface area contributed by atoms with Gasteiger partial charge in [0.05, 0.1) is 12.9 Å². The maximum absolute atomic E-state index is 11.5. The molecule has 2 heterocycles. The molecule has 21 heavy (non-hydrogen) atoms. The van der Waals surface area contributed by atoms with Gasteiger partial charge in [-0.3, -0.25) is 5.43 Å². The number of anilines is 2. The van der Waals surface area contributed by atoms with Gasteiger partial charge in [-0.2, -0.15) is 19.3 Å². The molecular formula is C10H19N7O3S. The molecular weight excluding hydrogens is 298 g/mol. The summed E-state index contributed by atoms with van der Waals surface area (Å²) in [4.78, 5) is 14.2. The van der Waals surface area contributed by atoms with Gasteiger partial charge in [0.25, 0.3) is 0 Å². The zero-order valence-corrected chi connectivity index (χ0v) is 12.8. The van der Waals surface area contributed by atoms with Gasteiger partial charge in [-0.05, 0) is 6.92 Å². The molecule has 0 saturated carbocycles. The SMILES string of the molecule is CCOc1nc(NN)nc(N2CCN(S(C)(=O)=O)CC2)n1. The summed E-state index contributed by atoms with van der Waals surface area (Å²) in [6.07, 6.45) is 1.20. The van der Waals surface area contributed by atoms with Gasteiger partial charge in [-0.15, -0.1) is 0 Å². The smallest absolute Gasteiger partial charge is 0.323 e. The number of nitrogens with two attached hydrogens (primary N) is 1. The lowest BCUT2D eigenvalue weighted by Crippen LogP contribution is -2.49. The zero-order valence-electron chi connectivity index (χ0n) is 12.0. The van der Waals surface area contributed by atoms with Crippen molar-refractivity contribution in [2.24, 2.45) is 5.84 Å². The highest BCUT2D eigenvalue weighted by molar-refractivity contribution is 7.88. The quantitative estimate of drug-likeness (QED) is 0.500. The molecule has 1 fully saturated rings. The number of aromatic nitrogens is 3. The number of rotatable bonds is 5. The molecule has 11 heteroatoms. The Bertz CT molecular complexity index is 586. The first-order chi connectivity index (χ1) is 9.94. The Morgan fingerprint density at radius 1 is 1.24 bits per heavy atom. The highest BCUT2D eigenvalue weighted by Crippen LogP contribution is 2.17. The number of nitrogen functional groups attached to an aromatic ring is 1. The predicted octanol–water partition coefficient (Wildman–Crippen LogP) is -1.36. The highest BCUT2D eigenvalue weighted by atomic mass is 32.2. The normalized spacial score (nSPS) is 16.8. The van der Waals surface area contributed by atoms with Gasteiger partial charge >= 0.3 is 6.01 Å². The van der Waals surface area contributed by atoms with Crippen LogP contribution in [0.3, 0.4) is 0 Å². The summed E-state index contributed by atoms with van der Waals surface area (Å²) >= 11 is 0. The second-order valence-electron chi connectivity index (χ2n) is 4.47. The second kappa shape index (κ2) is 6.37. The summed E-state index contributed by atoms with van der Waals surface area (Å²) in [5.41, 5.74) is 2.36. The Kier molecular flexibility index (Phi) is 4.75. The average molecular weight is 317 g/mol. The van der Waals surface area contributed by atoms with Crippen LogP contribution in [0.5, 0.6) is 6.01 Å². The third-order valence-corrected chi connectivity index (χ3v) is 4.30. The molecule has 1 aliphatic rings. The van der Waals surface area contributed by atoms with Gasteiger partial charge in [-0.1, -0.05) is 0 Å². The number of hydrazine groups is 1. The second-order valence-corrected chi connectivity index (χ2v) is 6.45. The van der Waals surface area contributed by atoms with Crippen molar-refractivity contribution in [1.29, 1.82) is 0 Å². The van der Waals surface area contributed by atoms with Gasteiger partial charge in [0.1, 0.15) is 0 Å². The lowest BCUT2D eigenvalue weighted by atomic mass is 10.4. The Morgan fingerprint density at radius 2 is 1.90 bits per heavy atom. The van der Waals surface area contributed by atoms with Crippen molar-refractivity contribution in [3.8, 4) is 6.01 Å². The molecule has 0 aromatic carbocycles. The van der Waals surface area contributed by atoms with Crippen molar-refractivity contribution >= 4 is 21.9 Å². The average Bonchev–Trinajstić information content (AvgIpc) is 2.46. The fraction of sp³-hybridized carbons (Fsp3) is 0.700. The van der Waals surface area contributed by atoms with E-state index in [1.807, 2.05) is 11.8 Å². The van der Waals surface area contributed by atoms with Crippen LogP contribution in [0.25, 0.3) is 0 Å². The van der Waals surface area contributed by atoms with E-state index in [9.17, 15) is 8.42 Å². The zero-order chi connectivity index (χ0) is 15.5. The molecule has 1 aliphatic heterocycles. The minimum absolute atomic E-state index is 0.181. The summed E-state index contributed by atoms with van der Waals surface area (Å²) in [7, 11) is -3.16. The number of nitrogens with zero attached hydrogens (tertiary/aromatic N) is 5. The topological polar surface area (TPSA) is 127 Å². The van der Waals surface area contributed by atoms with Crippen molar-refractivity contribution in [1.82, 2.24) is 19.3 Å². The molecule has 2 rings (SSSR count). The van der Waals surface area contributed by atoms with E-state index in [4.69, 9.17) is 10.6 Å². The van der Waals surface area contributed by atoms with E-state index < -0.39 is 10.0 Å². The van der Waals surface area contributed by atoms with Crippen molar-refractivity contribution in [3.05, 3.63) is 0 Å². The number of ether oxygens (including phenoxy) is 1. The standard InChI is InChI=1S/C10H19N7O3S/c1-3-20-10-13-8(15-11)12-9(14-10)16-4-6-17(7-5-16)21(2,18)19/h3-7,11H2,1-2H3,(H,12,13,14,15). The molecule has 1 saturated heterocycles. The van der Waals surface area contributed by atoms with Crippen molar-refractivity contribution < 1.29 is 13.2 Å². The molecule has 1 aromatic heterocycles. The van der Waals surface area contributed by atoms with Crippen LogP contribution in [0.1, 0.15) is 6.92 Å². The Hall–Kier alpha value is -1.72. The molecule has 118 valence electrons. The van der Waals surface area contributed by atoms with Crippen LogP contribution in [-0.2, 0) is 10.0 Å². The molecule has 0 spiro atoms. The molecule has 0 bridgehead atoms. The highest BCUT2D eigenvalue weighted by Gasteiger charge is 2.25.